The van der Waals surface area contributed by atoms with Gasteiger partial charge in [-0.15, -0.1) is 11.3 Å². The lowest BCUT2D eigenvalue weighted by Gasteiger charge is -2.20. The van der Waals surface area contributed by atoms with Crippen LogP contribution < -0.4 is 5.32 Å². The van der Waals surface area contributed by atoms with E-state index in [0.29, 0.717) is 18.9 Å². The molecule has 6 heteroatoms. The maximum Gasteiger partial charge on any atom is 0.220 e. The van der Waals surface area contributed by atoms with Crippen molar-refractivity contribution < 1.29 is 4.79 Å². The summed E-state index contributed by atoms with van der Waals surface area (Å²) in [4.78, 5) is 16.5. The Morgan fingerprint density at radius 1 is 1.36 bits per heavy atom. The molecule has 1 aliphatic rings. The van der Waals surface area contributed by atoms with Crippen molar-refractivity contribution in [2.24, 2.45) is 5.92 Å². The van der Waals surface area contributed by atoms with Gasteiger partial charge in [0.2, 0.25) is 11.0 Å². The van der Waals surface area contributed by atoms with Gasteiger partial charge in [-0.2, -0.15) is 5.10 Å². The first-order valence-corrected chi connectivity index (χ1v) is 8.90. The van der Waals surface area contributed by atoms with E-state index in [4.69, 9.17) is 0 Å². The molecular formula is C16H22N4OS. The number of hydrogen-bond donors (Lipinski definition) is 1. The number of hydrogen-bond acceptors (Lipinski definition) is 4. The largest absolute Gasteiger partial charge is 0.356 e. The van der Waals surface area contributed by atoms with Gasteiger partial charge in [0, 0.05) is 37.2 Å². The van der Waals surface area contributed by atoms with Crippen LogP contribution in [0.15, 0.2) is 23.8 Å². The smallest absolute Gasteiger partial charge is 0.220 e. The molecule has 1 fully saturated rings. The number of carbonyl (C=O) groups is 1. The van der Waals surface area contributed by atoms with Gasteiger partial charge in [-0.25, -0.2) is 9.67 Å². The highest BCUT2D eigenvalue weighted by Crippen LogP contribution is 2.26. The van der Waals surface area contributed by atoms with E-state index in [1.165, 1.54) is 32.1 Å². The Morgan fingerprint density at radius 3 is 3.00 bits per heavy atom. The number of carbonyl (C=O) groups excluding carboxylic acids is 1. The molecule has 1 saturated carbocycles. The summed E-state index contributed by atoms with van der Waals surface area (Å²) >= 11 is 1.57. The molecule has 5 nitrogen and oxygen atoms in total. The highest BCUT2D eigenvalue weighted by Gasteiger charge is 2.16. The Morgan fingerprint density at radius 2 is 2.23 bits per heavy atom. The molecule has 0 bridgehead atoms. The summed E-state index contributed by atoms with van der Waals surface area (Å²) in [6, 6.07) is 1.88. The lowest BCUT2D eigenvalue weighted by molar-refractivity contribution is -0.122. The third-order valence-corrected chi connectivity index (χ3v) is 5.02. The molecular weight excluding hydrogens is 296 g/mol. The monoisotopic (exact) mass is 318 g/mol. The zero-order valence-corrected chi connectivity index (χ0v) is 13.5. The third-order valence-electron chi connectivity index (χ3n) is 4.14. The van der Waals surface area contributed by atoms with Gasteiger partial charge in [-0.1, -0.05) is 19.3 Å². The fraction of sp³-hybridized carbons (Fsp3) is 0.562. The van der Waals surface area contributed by atoms with Crippen LogP contribution in [0.3, 0.4) is 0 Å². The minimum atomic E-state index is 0.189. The molecule has 1 amide bonds. The number of nitrogens with one attached hydrogen (secondary N) is 1. The molecule has 0 aliphatic heterocycles. The minimum Gasteiger partial charge on any atom is -0.356 e. The summed E-state index contributed by atoms with van der Waals surface area (Å²) in [7, 11) is 0. The van der Waals surface area contributed by atoms with Gasteiger partial charge >= 0.3 is 0 Å². The molecule has 2 heterocycles. The minimum absolute atomic E-state index is 0.189. The number of thiazole rings is 1. The van der Waals surface area contributed by atoms with Crippen molar-refractivity contribution in [2.45, 2.75) is 44.9 Å². The van der Waals surface area contributed by atoms with Crippen molar-refractivity contribution in [3.63, 3.8) is 0 Å². The van der Waals surface area contributed by atoms with Crippen molar-refractivity contribution in [3.8, 4) is 5.13 Å². The SMILES string of the molecule is O=C(CC1CCCCC1)NCCc1csc(-n2cccn2)n1. The van der Waals surface area contributed by atoms with E-state index < -0.39 is 0 Å². The van der Waals surface area contributed by atoms with Gasteiger partial charge in [0.05, 0.1) is 5.69 Å². The van der Waals surface area contributed by atoms with Crippen molar-refractivity contribution >= 4 is 17.2 Å². The van der Waals surface area contributed by atoms with E-state index in [-0.39, 0.29) is 5.91 Å². The van der Waals surface area contributed by atoms with Gasteiger partial charge in [-0.05, 0) is 24.8 Å². The Kier molecular flexibility index (Phi) is 5.21. The zero-order chi connectivity index (χ0) is 15.2. The predicted octanol–water partition coefficient (Wildman–Crippen LogP) is 2.96. The van der Waals surface area contributed by atoms with Gasteiger partial charge < -0.3 is 5.32 Å². The summed E-state index contributed by atoms with van der Waals surface area (Å²) in [5.41, 5.74) is 1.01. The summed E-state index contributed by atoms with van der Waals surface area (Å²) in [5.74, 6) is 0.786. The number of amides is 1. The molecule has 22 heavy (non-hydrogen) atoms. The second-order valence-electron chi connectivity index (χ2n) is 5.88. The molecule has 0 saturated heterocycles. The quantitative estimate of drug-likeness (QED) is 0.891. The standard InChI is InChI=1S/C16H22N4OS/c21-15(11-13-5-2-1-3-6-13)17-9-7-14-12-22-16(19-14)20-10-4-8-18-20/h4,8,10,12-13H,1-3,5-7,9,11H2,(H,17,21). The Balaban J connectivity index is 1.40. The number of nitrogens with zero attached hydrogens (tertiary/aromatic N) is 3. The van der Waals surface area contributed by atoms with Crippen LogP contribution in [-0.4, -0.2) is 27.2 Å². The molecule has 2 aromatic rings. The average molecular weight is 318 g/mol. The molecule has 118 valence electrons. The lowest BCUT2D eigenvalue weighted by Crippen LogP contribution is -2.28. The predicted molar refractivity (Wildman–Crippen MR) is 87.1 cm³/mol. The number of aromatic nitrogens is 3. The molecule has 2 aromatic heterocycles. The molecule has 0 aromatic carbocycles. The van der Waals surface area contributed by atoms with E-state index in [2.05, 4.69) is 15.4 Å². The summed E-state index contributed by atoms with van der Waals surface area (Å²) in [6.07, 6.45) is 11.4. The summed E-state index contributed by atoms with van der Waals surface area (Å²) in [5, 5.41) is 10.1. The van der Waals surface area contributed by atoms with Crippen LogP contribution in [-0.2, 0) is 11.2 Å². The van der Waals surface area contributed by atoms with Gasteiger partial charge in [0.1, 0.15) is 0 Å². The van der Waals surface area contributed by atoms with Crippen molar-refractivity contribution in [2.75, 3.05) is 6.54 Å². The van der Waals surface area contributed by atoms with Crippen molar-refractivity contribution in [1.29, 1.82) is 0 Å². The van der Waals surface area contributed by atoms with E-state index in [0.717, 1.165) is 17.2 Å². The zero-order valence-electron chi connectivity index (χ0n) is 12.7. The van der Waals surface area contributed by atoms with Crippen molar-refractivity contribution in [3.05, 3.63) is 29.5 Å². The first-order chi connectivity index (χ1) is 10.8. The van der Waals surface area contributed by atoms with E-state index in [9.17, 15) is 4.79 Å². The molecule has 1 N–H and O–H groups in total. The molecule has 0 spiro atoms. The average Bonchev–Trinajstić information content (AvgIpc) is 3.19. The first kappa shape index (κ1) is 15.2. The van der Waals surface area contributed by atoms with Crippen LogP contribution >= 0.6 is 11.3 Å². The molecule has 0 radical (unpaired) electrons. The van der Waals surface area contributed by atoms with E-state index >= 15 is 0 Å². The van der Waals surface area contributed by atoms with Crippen LogP contribution in [0, 0.1) is 5.92 Å². The van der Waals surface area contributed by atoms with Gasteiger partial charge in [-0.3, -0.25) is 4.79 Å². The fourth-order valence-corrected chi connectivity index (χ4v) is 3.75. The van der Waals surface area contributed by atoms with Gasteiger partial charge in [0.15, 0.2) is 0 Å². The van der Waals surface area contributed by atoms with Crippen LogP contribution in [0.4, 0.5) is 0 Å². The Labute approximate surface area is 134 Å². The third kappa shape index (κ3) is 4.16. The van der Waals surface area contributed by atoms with Crippen LogP contribution in [0.2, 0.25) is 0 Å². The van der Waals surface area contributed by atoms with Gasteiger partial charge in [0.25, 0.3) is 0 Å². The number of rotatable bonds is 6. The Hall–Kier alpha value is -1.69. The summed E-state index contributed by atoms with van der Waals surface area (Å²) < 4.78 is 1.76. The summed E-state index contributed by atoms with van der Waals surface area (Å²) in [6.45, 7) is 0.661. The van der Waals surface area contributed by atoms with E-state index in [1.807, 2.05) is 17.6 Å². The fourth-order valence-electron chi connectivity index (χ4n) is 2.95. The maximum atomic E-state index is 12.0. The lowest BCUT2D eigenvalue weighted by atomic mass is 9.87. The molecule has 0 unspecified atom stereocenters. The van der Waals surface area contributed by atoms with Crippen molar-refractivity contribution in [1.82, 2.24) is 20.1 Å². The second-order valence-corrected chi connectivity index (χ2v) is 6.72. The highest BCUT2D eigenvalue weighted by atomic mass is 32.1. The van der Waals surface area contributed by atoms with Crippen LogP contribution in [0.25, 0.3) is 5.13 Å². The molecule has 1 aliphatic carbocycles. The maximum absolute atomic E-state index is 12.0. The molecule has 0 atom stereocenters. The highest BCUT2D eigenvalue weighted by molar-refractivity contribution is 7.12. The van der Waals surface area contributed by atoms with E-state index in [1.54, 1.807) is 22.2 Å². The second kappa shape index (κ2) is 7.54. The topological polar surface area (TPSA) is 59.8 Å². The van der Waals surface area contributed by atoms with Crippen LogP contribution in [0.5, 0.6) is 0 Å². The molecule has 3 rings (SSSR count). The first-order valence-electron chi connectivity index (χ1n) is 8.02. The normalized spacial score (nSPS) is 15.8. The Bertz CT molecular complexity index is 587. The van der Waals surface area contributed by atoms with Crippen LogP contribution in [0.1, 0.15) is 44.2 Å².